The fraction of sp³-hybridized carbons (Fsp3) is 0.438. The Morgan fingerprint density at radius 3 is 2.68 bits per heavy atom. The van der Waals surface area contributed by atoms with E-state index >= 15 is 0 Å². The molecule has 1 saturated carbocycles. The number of pyridine rings is 1. The molecule has 3 atom stereocenters. The molecule has 1 amide bonds. The Labute approximate surface area is 144 Å². The van der Waals surface area contributed by atoms with E-state index in [2.05, 4.69) is 16.9 Å². The summed E-state index contributed by atoms with van der Waals surface area (Å²) in [5.41, 5.74) is -0.433. The molecule has 0 spiro atoms. The number of esters is 1. The van der Waals surface area contributed by atoms with Crippen LogP contribution in [0, 0.1) is 10.1 Å². The van der Waals surface area contributed by atoms with Crippen molar-refractivity contribution in [3.8, 4) is 0 Å². The lowest BCUT2D eigenvalue weighted by molar-refractivity contribution is -0.390. The Morgan fingerprint density at radius 2 is 2.12 bits per heavy atom. The molecule has 9 heteroatoms. The first kappa shape index (κ1) is 18.4. The monoisotopic (exact) mass is 349 g/mol. The standard InChI is InChI=1S/C16H19N3O6/c1-5-10(20)24-13-11(9-7-6-8-17-14(9)19(22)23)12(13)18-15(21)25-16(2,3)4/h5-8,11-13H,1H2,2-4H3,(H,18,21). The Kier molecular flexibility index (Phi) is 5.05. The molecule has 3 unspecified atom stereocenters. The molecule has 0 bridgehead atoms. The van der Waals surface area contributed by atoms with E-state index in [1.165, 1.54) is 18.3 Å². The predicted octanol–water partition coefficient (Wildman–Crippen LogP) is 2.08. The van der Waals surface area contributed by atoms with E-state index in [-0.39, 0.29) is 11.4 Å². The normalized spacial score (nSPS) is 21.8. The number of nitrogens with zero attached hydrogens (tertiary/aromatic N) is 2. The van der Waals surface area contributed by atoms with Gasteiger partial charge in [0.05, 0.1) is 17.5 Å². The van der Waals surface area contributed by atoms with Crippen LogP contribution in [0.5, 0.6) is 0 Å². The first-order valence-electron chi connectivity index (χ1n) is 7.56. The van der Waals surface area contributed by atoms with Crippen molar-refractivity contribution in [2.45, 2.75) is 44.4 Å². The highest BCUT2D eigenvalue weighted by molar-refractivity contribution is 5.82. The van der Waals surface area contributed by atoms with E-state index in [9.17, 15) is 19.7 Å². The summed E-state index contributed by atoms with van der Waals surface area (Å²) in [5, 5.41) is 13.7. The number of hydrogen-bond donors (Lipinski definition) is 1. The average Bonchev–Trinajstić information content (AvgIpc) is 3.16. The van der Waals surface area contributed by atoms with Crippen LogP contribution >= 0.6 is 0 Å². The third-order valence-corrected chi connectivity index (χ3v) is 3.41. The molecule has 25 heavy (non-hydrogen) atoms. The molecular weight excluding hydrogens is 330 g/mol. The molecule has 1 heterocycles. The van der Waals surface area contributed by atoms with Gasteiger partial charge in [-0.3, -0.25) is 0 Å². The van der Waals surface area contributed by atoms with Gasteiger partial charge in [-0.25, -0.2) is 9.59 Å². The summed E-state index contributed by atoms with van der Waals surface area (Å²) in [6, 6.07) is 2.40. The number of amides is 1. The summed E-state index contributed by atoms with van der Waals surface area (Å²) in [6.45, 7) is 8.43. The van der Waals surface area contributed by atoms with Crippen LogP contribution in [0.25, 0.3) is 0 Å². The first-order valence-corrected chi connectivity index (χ1v) is 7.56. The largest absolute Gasteiger partial charge is 0.456 e. The van der Waals surface area contributed by atoms with Crippen LogP contribution in [0.3, 0.4) is 0 Å². The first-order chi connectivity index (χ1) is 11.6. The lowest BCUT2D eigenvalue weighted by Gasteiger charge is -2.19. The molecule has 0 aliphatic heterocycles. The second-order valence-corrected chi connectivity index (χ2v) is 6.48. The number of alkyl carbamates (subject to hydrolysis) is 1. The summed E-state index contributed by atoms with van der Waals surface area (Å²) >= 11 is 0. The highest BCUT2D eigenvalue weighted by atomic mass is 16.6. The van der Waals surface area contributed by atoms with E-state index in [1.807, 2.05) is 0 Å². The minimum Gasteiger partial charge on any atom is -0.456 e. The minimum absolute atomic E-state index is 0.274. The number of carbonyl (C=O) groups is 2. The topological polar surface area (TPSA) is 121 Å². The molecule has 0 radical (unpaired) electrons. The minimum atomic E-state index is -0.763. The molecule has 134 valence electrons. The molecule has 9 nitrogen and oxygen atoms in total. The predicted molar refractivity (Wildman–Crippen MR) is 86.9 cm³/mol. The Hall–Kier alpha value is -2.97. The zero-order valence-corrected chi connectivity index (χ0v) is 14.1. The number of hydrogen-bond acceptors (Lipinski definition) is 7. The molecule has 2 rings (SSSR count). The molecule has 1 aliphatic rings. The van der Waals surface area contributed by atoms with Gasteiger partial charge >= 0.3 is 17.9 Å². The van der Waals surface area contributed by atoms with Gasteiger partial charge in [-0.15, -0.1) is 0 Å². The van der Waals surface area contributed by atoms with Gasteiger partial charge in [0.2, 0.25) is 0 Å². The third kappa shape index (κ3) is 4.52. The van der Waals surface area contributed by atoms with Crippen molar-refractivity contribution < 1.29 is 24.0 Å². The second-order valence-electron chi connectivity index (χ2n) is 6.48. The van der Waals surface area contributed by atoms with Gasteiger partial charge in [-0.2, -0.15) is 0 Å². The highest BCUT2D eigenvalue weighted by Crippen LogP contribution is 2.46. The summed E-state index contributed by atoms with van der Waals surface area (Å²) in [5.74, 6) is -1.62. The van der Waals surface area contributed by atoms with Gasteiger partial charge in [-0.1, -0.05) is 6.58 Å². The number of nitro groups is 1. The summed E-state index contributed by atoms with van der Waals surface area (Å²) < 4.78 is 10.3. The Balaban J connectivity index is 2.22. The van der Waals surface area contributed by atoms with Crippen molar-refractivity contribution in [3.05, 3.63) is 46.7 Å². The van der Waals surface area contributed by atoms with Crippen molar-refractivity contribution in [3.63, 3.8) is 0 Å². The number of carbonyl (C=O) groups excluding carboxylic acids is 2. The van der Waals surface area contributed by atoms with Gasteiger partial charge in [0.15, 0.2) is 0 Å². The maximum absolute atomic E-state index is 12.0. The zero-order valence-electron chi connectivity index (χ0n) is 14.1. The van der Waals surface area contributed by atoms with Crippen LogP contribution in [0.2, 0.25) is 0 Å². The van der Waals surface area contributed by atoms with Crippen molar-refractivity contribution in [2.24, 2.45) is 0 Å². The van der Waals surface area contributed by atoms with Gasteiger partial charge in [0.25, 0.3) is 0 Å². The van der Waals surface area contributed by atoms with Crippen molar-refractivity contribution in [1.29, 1.82) is 0 Å². The second kappa shape index (κ2) is 6.88. The Morgan fingerprint density at radius 1 is 1.44 bits per heavy atom. The van der Waals surface area contributed by atoms with E-state index < -0.39 is 40.7 Å². The van der Waals surface area contributed by atoms with Crippen molar-refractivity contribution in [2.75, 3.05) is 0 Å². The average molecular weight is 349 g/mol. The van der Waals surface area contributed by atoms with E-state index in [0.717, 1.165) is 6.08 Å². The quantitative estimate of drug-likeness (QED) is 0.374. The van der Waals surface area contributed by atoms with Crippen molar-refractivity contribution in [1.82, 2.24) is 10.3 Å². The summed E-state index contributed by atoms with van der Waals surface area (Å²) in [6.07, 6.45) is 0.815. The van der Waals surface area contributed by atoms with E-state index in [0.29, 0.717) is 0 Å². The smallest absolute Gasteiger partial charge is 0.408 e. The number of aromatic nitrogens is 1. The summed E-state index contributed by atoms with van der Waals surface area (Å²) in [4.78, 5) is 37.7. The maximum atomic E-state index is 12.0. The molecule has 1 aromatic heterocycles. The van der Waals surface area contributed by atoms with Crippen LogP contribution in [0.4, 0.5) is 10.6 Å². The van der Waals surface area contributed by atoms with Gasteiger partial charge < -0.3 is 24.9 Å². The van der Waals surface area contributed by atoms with Gasteiger partial charge in [0.1, 0.15) is 17.9 Å². The number of rotatable bonds is 5. The Bertz CT molecular complexity index is 712. The molecule has 1 fully saturated rings. The third-order valence-electron chi connectivity index (χ3n) is 3.41. The molecular formula is C16H19N3O6. The van der Waals surface area contributed by atoms with Gasteiger partial charge in [-0.05, 0) is 42.8 Å². The van der Waals surface area contributed by atoms with E-state index in [1.54, 1.807) is 20.8 Å². The van der Waals surface area contributed by atoms with Crippen LogP contribution < -0.4 is 5.32 Å². The maximum Gasteiger partial charge on any atom is 0.408 e. The SMILES string of the molecule is C=CC(=O)OC1C(NC(=O)OC(C)(C)C)C1c1cccnc1[N+](=O)[O-]. The van der Waals surface area contributed by atoms with Crippen LogP contribution in [-0.2, 0) is 14.3 Å². The van der Waals surface area contributed by atoms with Crippen LogP contribution in [-0.4, -0.2) is 39.7 Å². The molecule has 1 aromatic rings. The molecule has 0 aromatic carbocycles. The van der Waals surface area contributed by atoms with Gasteiger partial charge in [0, 0.05) is 6.08 Å². The van der Waals surface area contributed by atoms with E-state index in [4.69, 9.17) is 9.47 Å². The zero-order chi connectivity index (χ0) is 18.8. The van der Waals surface area contributed by atoms with Crippen LogP contribution in [0.15, 0.2) is 31.0 Å². The number of nitrogens with one attached hydrogen (secondary N) is 1. The van der Waals surface area contributed by atoms with Crippen molar-refractivity contribution >= 4 is 17.9 Å². The number of ether oxygens (including phenoxy) is 2. The molecule has 0 saturated heterocycles. The van der Waals surface area contributed by atoms with Crippen LogP contribution in [0.1, 0.15) is 32.3 Å². The summed E-state index contributed by atoms with van der Waals surface area (Å²) in [7, 11) is 0. The lowest BCUT2D eigenvalue weighted by Crippen LogP contribution is -2.35. The fourth-order valence-corrected chi connectivity index (χ4v) is 2.42. The fourth-order valence-electron chi connectivity index (χ4n) is 2.42. The highest BCUT2D eigenvalue weighted by Gasteiger charge is 2.58. The lowest BCUT2D eigenvalue weighted by atomic mass is 10.1. The molecule has 1 N–H and O–H groups in total. The molecule has 1 aliphatic carbocycles.